The second kappa shape index (κ2) is 4.41. The molecule has 20 heavy (non-hydrogen) atoms. The van der Waals surface area contributed by atoms with E-state index in [2.05, 4.69) is 4.98 Å². The average Bonchev–Trinajstić information content (AvgIpc) is 3.03. The lowest BCUT2D eigenvalue weighted by atomic mass is 9.97. The van der Waals surface area contributed by atoms with Crippen molar-refractivity contribution in [1.82, 2.24) is 9.55 Å². The first kappa shape index (κ1) is 12.1. The van der Waals surface area contributed by atoms with E-state index in [1.807, 2.05) is 0 Å². The molecule has 5 nitrogen and oxygen atoms in total. The number of fused-ring (bicyclic) bond motifs is 3. The number of aryl methyl sites for hydroxylation is 2. The molecule has 0 saturated carbocycles. The Balaban J connectivity index is 1.94. The van der Waals surface area contributed by atoms with Gasteiger partial charge in [-0.1, -0.05) is 0 Å². The first-order chi connectivity index (χ1) is 9.75. The van der Waals surface area contributed by atoms with Crippen LogP contribution in [0.3, 0.4) is 0 Å². The van der Waals surface area contributed by atoms with Crippen molar-refractivity contribution < 1.29 is 9.53 Å². The highest BCUT2D eigenvalue weighted by Crippen LogP contribution is 2.33. The number of nitrogens with zero attached hydrogens (tertiary/aromatic N) is 2. The lowest BCUT2D eigenvalue weighted by Gasteiger charge is -2.11. The minimum absolute atomic E-state index is 0.0850. The molecule has 1 aliphatic heterocycles. The van der Waals surface area contributed by atoms with Gasteiger partial charge in [-0.2, -0.15) is 0 Å². The fourth-order valence-corrected chi connectivity index (χ4v) is 4.34. The zero-order valence-electron chi connectivity index (χ0n) is 10.9. The smallest absolute Gasteiger partial charge is 0.329 e. The van der Waals surface area contributed by atoms with Gasteiger partial charge < -0.3 is 4.74 Å². The van der Waals surface area contributed by atoms with Crippen molar-refractivity contribution in [2.45, 2.75) is 38.1 Å². The van der Waals surface area contributed by atoms with E-state index < -0.39 is 6.04 Å². The molecule has 0 radical (unpaired) electrons. The van der Waals surface area contributed by atoms with Crippen LogP contribution in [0.1, 0.15) is 35.7 Å². The van der Waals surface area contributed by atoms with E-state index >= 15 is 0 Å². The summed E-state index contributed by atoms with van der Waals surface area (Å²) < 4.78 is 6.41. The van der Waals surface area contributed by atoms with E-state index in [0.29, 0.717) is 13.0 Å². The lowest BCUT2D eigenvalue weighted by molar-refractivity contribution is -0.140. The summed E-state index contributed by atoms with van der Waals surface area (Å²) in [7, 11) is 0. The maximum absolute atomic E-state index is 12.7. The van der Waals surface area contributed by atoms with Crippen LogP contribution in [0.15, 0.2) is 11.1 Å². The van der Waals surface area contributed by atoms with Crippen LogP contribution in [0.5, 0.6) is 0 Å². The van der Waals surface area contributed by atoms with E-state index in [1.54, 1.807) is 11.3 Å². The summed E-state index contributed by atoms with van der Waals surface area (Å²) in [4.78, 5) is 30.9. The van der Waals surface area contributed by atoms with Crippen LogP contribution in [0.2, 0.25) is 0 Å². The van der Waals surface area contributed by atoms with Crippen molar-refractivity contribution in [2.24, 2.45) is 0 Å². The second-order valence-electron chi connectivity index (χ2n) is 5.32. The number of esters is 1. The zero-order valence-corrected chi connectivity index (χ0v) is 11.7. The van der Waals surface area contributed by atoms with Gasteiger partial charge in [0.2, 0.25) is 0 Å². The van der Waals surface area contributed by atoms with E-state index in [9.17, 15) is 9.59 Å². The quantitative estimate of drug-likeness (QED) is 0.752. The molecule has 1 fully saturated rings. The molecule has 0 aromatic carbocycles. The molecule has 2 aromatic rings. The van der Waals surface area contributed by atoms with Crippen molar-refractivity contribution in [3.8, 4) is 0 Å². The SMILES string of the molecule is O=C1OCC[C@@H]1n1cnc2sc3c(c2c1=O)CCCC3. The highest BCUT2D eigenvalue weighted by Gasteiger charge is 2.30. The van der Waals surface area contributed by atoms with Crippen molar-refractivity contribution >= 4 is 27.5 Å². The number of ether oxygens (including phenoxy) is 1. The minimum atomic E-state index is -0.501. The normalized spacial score (nSPS) is 22.0. The first-order valence-corrected chi connectivity index (χ1v) is 7.75. The van der Waals surface area contributed by atoms with Crippen LogP contribution < -0.4 is 5.56 Å². The topological polar surface area (TPSA) is 61.2 Å². The standard InChI is InChI=1S/C14H14N2O3S/c17-13-11-8-3-1-2-4-10(8)20-12(11)15-7-16(13)9-5-6-19-14(9)18/h7,9H,1-6H2/t9-/m0/s1. The number of hydrogen-bond donors (Lipinski definition) is 0. The maximum atomic E-state index is 12.7. The van der Waals surface area contributed by atoms with E-state index in [-0.39, 0.29) is 11.5 Å². The van der Waals surface area contributed by atoms with Gasteiger partial charge in [0.05, 0.1) is 18.3 Å². The Kier molecular flexibility index (Phi) is 2.66. The van der Waals surface area contributed by atoms with Crippen LogP contribution in [0, 0.1) is 0 Å². The number of hydrogen-bond acceptors (Lipinski definition) is 5. The molecule has 6 heteroatoms. The average molecular weight is 290 g/mol. The van der Waals surface area contributed by atoms with E-state index in [0.717, 1.165) is 35.0 Å². The number of carbonyl (C=O) groups excluding carboxylic acids is 1. The molecule has 3 heterocycles. The van der Waals surface area contributed by atoms with Gasteiger partial charge in [0.15, 0.2) is 0 Å². The third-order valence-electron chi connectivity index (χ3n) is 4.14. The minimum Gasteiger partial charge on any atom is -0.464 e. The predicted molar refractivity (Wildman–Crippen MR) is 75.1 cm³/mol. The largest absolute Gasteiger partial charge is 0.464 e. The maximum Gasteiger partial charge on any atom is 0.329 e. The van der Waals surface area contributed by atoms with Gasteiger partial charge in [0, 0.05) is 11.3 Å². The van der Waals surface area contributed by atoms with Gasteiger partial charge in [-0.05, 0) is 31.2 Å². The fourth-order valence-electron chi connectivity index (χ4n) is 3.12. The van der Waals surface area contributed by atoms with Crippen molar-refractivity contribution in [2.75, 3.05) is 6.61 Å². The second-order valence-corrected chi connectivity index (χ2v) is 6.40. The third kappa shape index (κ3) is 1.64. The van der Waals surface area contributed by atoms with Crippen molar-refractivity contribution in [3.05, 3.63) is 27.1 Å². The first-order valence-electron chi connectivity index (χ1n) is 6.94. The Morgan fingerprint density at radius 3 is 2.95 bits per heavy atom. The summed E-state index contributed by atoms with van der Waals surface area (Å²) in [6, 6.07) is -0.501. The third-order valence-corrected chi connectivity index (χ3v) is 5.34. The molecule has 104 valence electrons. The molecule has 0 bridgehead atoms. The molecule has 0 amide bonds. The van der Waals surface area contributed by atoms with Crippen molar-refractivity contribution in [3.63, 3.8) is 0 Å². The van der Waals surface area contributed by atoms with Gasteiger partial charge in [-0.15, -0.1) is 11.3 Å². The number of thiophene rings is 1. The molecule has 1 saturated heterocycles. The van der Waals surface area contributed by atoms with Crippen LogP contribution in [-0.2, 0) is 22.4 Å². The fraction of sp³-hybridized carbons (Fsp3) is 0.500. The summed E-state index contributed by atoms with van der Waals surface area (Å²) in [6.07, 6.45) is 6.36. The van der Waals surface area contributed by atoms with Crippen LogP contribution in [0.25, 0.3) is 10.2 Å². The van der Waals surface area contributed by atoms with E-state index in [1.165, 1.54) is 22.2 Å². The Hall–Kier alpha value is -1.69. The number of carbonyl (C=O) groups is 1. The summed E-state index contributed by atoms with van der Waals surface area (Å²) in [6.45, 7) is 0.385. The molecule has 2 aromatic heterocycles. The Morgan fingerprint density at radius 1 is 1.30 bits per heavy atom. The van der Waals surface area contributed by atoms with Gasteiger partial charge in [-0.25, -0.2) is 9.78 Å². The molecule has 2 aliphatic rings. The van der Waals surface area contributed by atoms with Gasteiger partial charge in [0.1, 0.15) is 10.9 Å². The number of cyclic esters (lactones) is 1. The summed E-state index contributed by atoms with van der Waals surface area (Å²) in [5, 5.41) is 0.729. The summed E-state index contributed by atoms with van der Waals surface area (Å²) >= 11 is 1.63. The Bertz CT molecular complexity index is 762. The van der Waals surface area contributed by atoms with Crippen LogP contribution in [0.4, 0.5) is 0 Å². The molecule has 0 unspecified atom stereocenters. The highest BCUT2D eigenvalue weighted by atomic mass is 32.1. The summed E-state index contributed by atoms with van der Waals surface area (Å²) in [5.41, 5.74) is 1.08. The molecule has 0 N–H and O–H groups in total. The van der Waals surface area contributed by atoms with E-state index in [4.69, 9.17) is 4.74 Å². The Morgan fingerprint density at radius 2 is 2.15 bits per heavy atom. The van der Waals surface area contributed by atoms with Gasteiger partial charge in [-0.3, -0.25) is 9.36 Å². The number of rotatable bonds is 1. The molecule has 0 spiro atoms. The van der Waals surface area contributed by atoms with Crippen molar-refractivity contribution in [1.29, 1.82) is 0 Å². The summed E-state index contributed by atoms with van der Waals surface area (Å²) in [5.74, 6) is -0.322. The molecular weight excluding hydrogens is 276 g/mol. The van der Waals surface area contributed by atoms with Gasteiger partial charge in [0.25, 0.3) is 5.56 Å². The Labute approximate surface area is 119 Å². The monoisotopic (exact) mass is 290 g/mol. The molecule has 1 atom stereocenters. The molecular formula is C14H14N2O3S. The molecule has 4 rings (SSSR count). The lowest BCUT2D eigenvalue weighted by Crippen LogP contribution is -2.28. The zero-order chi connectivity index (χ0) is 13.7. The van der Waals surface area contributed by atoms with Crippen LogP contribution in [-0.4, -0.2) is 22.1 Å². The van der Waals surface area contributed by atoms with Crippen LogP contribution >= 0.6 is 11.3 Å². The highest BCUT2D eigenvalue weighted by molar-refractivity contribution is 7.18. The molecule has 1 aliphatic carbocycles. The van der Waals surface area contributed by atoms with Gasteiger partial charge >= 0.3 is 5.97 Å². The number of aromatic nitrogens is 2. The predicted octanol–water partition coefficient (Wildman–Crippen LogP) is 1.82.